The Kier molecular flexibility index (Phi) is 3.66. The van der Waals surface area contributed by atoms with Gasteiger partial charge in [-0.25, -0.2) is 9.78 Å². The topological polar surface area (TPSA) is 74.4 Å². The van der Waals surface area contributed by atoms with E-state index in [9.17, 15) is 4.79 Å². The lowest BCUT2D eigenvalue weighted by Crippen LogP contribution is -2.07. The van der Waals surface area contributed by atoms with Crippen molar-refractivity contribution in [3.8, 4) is 11.6 Å². The summed E-state index contributed by atoms with van der Waals surface area (Å²) in [7, 11) is 1.30. The molecule has 0 spiro atoms. The highest BCUT2D eigenvalue weighted by Gasteiger charge is 2.15. The molecule has 98 valence electrons. The van der Waals surface area contributed by atoms with Crippen LogP contribution in [0.5, 0.6) is 11.6 Å². The Labute approximate surface area is 111 Å². The Morgan fingerprint density at radius 1 is 1.26 bits per heavy atom. The van der Waals surface area contributed by atoms with E-state index in [1.807, 2.05) is 25.1 Å². The van der Waals surface area contributed by atoms with Crippen molar-refractivity contribution in [2.24, 2.45) is 0 Å². The van der Waals surface area contributed by atoms with E-state index in [1.165, 1.54) is 19.4 Å². The summed E-state index contributed by atoms with van der Waals surface area (Å²) in [6.45, 7) is 1.91. The van der Waals surface area contributed by atoms with Gasteiger partial charge in [0.25, 0.3) is 0 Å². The number of esters is 1. The van der Waals surface area contributed by atoms with Gasteiger partial charge in [-0.15, -0.1) is 0 Å². The Morgan fingerprint density at radius 3 is 2.68 bits per heavy atom. The van der Waals surface area contributed by atoms with E-state index in [-0.39, 0.29) is 17.1 Å². The highest BCUT2D eigenvalue weighted by Crippen LogP contribution is 2.29. The van der Waals surface area contributed by atoms with Crippen molar-refractivity contribution in [1.82, 2.24) is 4.98 Å². The highest BCUT2D eigenvalue weighted by atomic mass is 16.5. The standard InChI is InChI=1S/C14H14N2O3/c1-9-5-3-4-6-11(9)19-13-12(15)10(7-8-16-13)14(17)18-2/h3-8H,15H2,1-2H3. The molecule has 0 saturated heterocycles. The third-order valence-electron chi connectivity index (χ3n) is 2.66. The molecule has 0 unspecified atom stereocenters. The minimum absolute atomic E-state index is 0.164. The number of para-hydroxylation sites is 1. The Bertz CT molecular complexity index is 611. The molecule has 0 fully saturated rings. The van der Waals surface area contributed by atoms with Crippen LogP contribution < -0.4 is 10.5 Å². The van der Waals surface area contributed by atoms with Crippen molar-refractivity contribution in [3.63, 3.8) is 0 Å². The van der Waals surface area contributed by atoms with Crippen LogP contribution in [0.3, 0.4) is 0 Å². The van der Waals surface area contributed by atoms with Gasteiger partial charge in [0.1, 0.15) is 11.4 Å². The summed E-state index contributed by atoms with van der Waals surface area (Å²) >= 11 is 0. The van der Waals surface area contributed by atoms with Crippen molar-refractivity contribution >= 4 is 11.7 Å². The molecule has 0 radical (unpaired) electrons. The van der Waals surface area contributed by atoms with Crippen LogP contribution in [0.4, 0.5) is 5.69 Å². The molecular formula is C14H14N2O3. The number of anilines is 1. The van der Waals surface area contributed by atoms with Crippen molar-refractivity contribution in [2.75, 3.05) is 12.8 Å². The second kappa shape index (κ2) is 5.39. The summed E-state index contributed by atoms with van der Waals surface area (Å²) in [4.78, 5) is 15.6. The molecule has 5 nitrogen and oxygen atoms in total. The van der Waals surface area contributed by atoms with Crippen LogP contribution in [-0.2, 0) is 4.74 Å². The first kappa shape index (κ1) is 12.9. The summed E-state index contributed by atoms with van der Waals surface area (Å²) < 4.78 is 10.3. The van der Waals surface area contributed by atoms with E-state index < -0.39 is 5.97 Å². The number of nitrogens with zero attached hydrogens (tertiary/aromatic N) is 1. The zero-order valence-electron chi connectivity index (χ0n) is 10.7. The first-order valence-corrected chi connectivity index (χ1v) is 5.69. The predicted molar refractivity (Wildman–Crippen MR) is 71.2 cm³/mol. The van der Waals surface area contributed by atoms with E-state index in [0.717, 1.165) is 5.56 Å². The number of ether oxygens (including phenoxy) is 2. The van der Waals surface area contributed by atoms with Crippen molar-refractivity contribution < 1.29 is 14.3 Å². The molecule has 0 aliphatic rings. The highest BCUT2D eigenvalue weighted by molar-refractivity contribution is 5.96. The van der Waals surface area contributed by atoms with Gasteiger partial charge < -0.3 is 15.2 Å². The lowest BCUT2D eigenvalue weighted by atomic mass is 10.2. The van der Waals surface area contributed by atoms with Gasteiger partial charge in [0.15, 0.2) is 0 Å². The zero-order valence-corrected chi connectivity index (χ0v) is 10.7. The van der Waals surface area contributed by atoms with Gasteiger partial charge in [0.05, 0.1) is 12.7 Å². The van der Waals surface area contributed by atoms with E-state index in [4.69, 9.17) is 10.5 Å². The second-order valence-electron chi connectivity index (χ2n) is 3.94. The number of rotatable bonds is 3. The molecule has 0 amide bonds. The average molecular weight is 258 g/mol. The molecule has 1 aromatic heterocycles. The maximum Gasteiger partial charge on any atom is 0.340 e. The number of hydrogen-bond acceptors (Lipinski definition) is 5. The van der Waals surface area contributed by atoms with Gasteiger partial charge in [0, 0.05) is 6.20 Å². The molecular weight excluding hydrogens is 244 g/mol. The summed E-state index contributed by atoms with van der Waals surface area (Å²) in [5.41, 5.74) is 7.22. The van der Waals surface area contributed by atoms with Crippen LogP contribution in [0, 0.1) is 6.92 Å². The first-order chi connectivity index (χ1) is 9.13. The van der Waals surface area contributed by atoms with Crippen molar-refractivity contribution in [1.29, 1.82) is 0 Å². The number of methoxy groups -OCH3 is 1. The molecule has 1 aromatic carbocycles. The average Bonchev–Trinajstić information content (AvgIpc) is 2.42. The summed E-state index contributed by atoms with van der Waals surface area (Å²) in [5.74, 6) is 0.315. The summed E-state index contributed by atoms with van der Waals surface area (Å²) in [6.07, 6.45) is 1.45. The SMILES string of the molecule is COC(=O)c1ccnc(Oc2ccccc2C)c1N. The quantitative estimate of drug-likeness (QED) is 0.856. The zero-order chi connectivity index (χ0) is 13.8. The number of hydrogen-bond donors (Lipinski definition) is 1. The monoisotopic (exact) mass is 258 g/mol. The first-order valence-electron chi connectivity index (χ1n) is 5.69. The van der Waals surface area contributed by atoms with Crippen LogP contribution >= 0.6 is 0 Å². The number of benzene rings is 1. The van der Waals surface area contributed by atoms with Gasteiger partial charge in [-0.2, -0.15) is 0 Å². The third-order valence-corrected chi connectivity index (χ3v) is 2.66. The molecule has 0 aliphatic heterocycles. The van der Waals surface area contributed by atoms with E-state index in [1.54, 1.807) is 6.07 Å². The molecule has 0 aliphatic carbocycles. The molecule has 1 heterocycles. The van der Waals surface area contributed by atoms with E-state index in [2.05, 4.69) is 9.72 Å². The van der Waals surface area contributed by atoms with Gasteiger partial charge in [-0.3, -0.25) is 0 Å². The fourth-order valence-electron chi connectivity index (χ4n) is 1.60. The van der Waals surface area contributed by atoms with Crippen molar-refractivity contribution in [2.45, 2.75) is 6.92 Å². The number of aryl methyl sites for hydroxylation is 1. The molecule has 0 saturated carbocycles. The van der Waals surface area contributed by atoms with Crippen LogP contribution in [0.25, 0.3) is 0 Å². The summed E-state index contributed by atoms with van der Waals surface area (Å²) in [6, 6.07) is 8.97. The number of nitrogen functional groups attached to an aromatic ring is 1. The number of carbonyl (C=O) groups excluding carboxylic acids is 1. The number of carbonyl (C=O) groups is 1. The molecule has 2 aromatic rings. The predicted octanol–water partition coefficient (Wildman–Crippen LogP) is 2.55. The Balaban J connectivity index is 2.37. The summed E-state index contributed by atoms with van der Waals surface area (Å²) in [5, 5.41) is 0. The van der Waals surface area contributed by atoms with Crippen molar-refractivity contribution in [3.05, 3.63) is 47.7 Å². The van der Waals surface area contributed by atoms with Gasteiger partial charge in [-0.05, 0) is 24.6 Å². The Hall–Kier alpha value is -2.56. The fraction of sp³-hybridized carbons (Fsp3) is 0.143. The van der Waals surface area contributed by atoms with Gasteiger partial charge >= 0.3 is 5.97 Å². The minimum atomic E-state index is -0.519. The number of pyridine rings is 1. The van der Waals surface area contributed by atoms with Crippen LogP contribution in [-0.4, -0.2) is 18.1 Å². The number of aromatic nitrogens is 1. The Morgan fingerprint density at radius 2 is 2.00 bits per heavy atom. The fourth-order valence-corrected chi connectivity index (χ4v) is 1.60. The lowest BCUT2D eigenvalue weighted by molar-refractivity contribution is 0.0601. The third kappa shape index (κ3) is 2.65. The largest absolute Gasteiger partial charge is 0.465 e. The molecule has 19 heavy (non-hydrogen) atoms. The molecule has 0 atom stereocenters. The van der Waals surface area contributed by atoms with E-state index in [0.29, 0.717) is 5.75 Å². The van der Waals surface area contributed by atoms with E-state index >= 15 is 0 Å². The molecule has 2 rings (SSSR count). The normalized spacial score (nSPS) is 10.0. The second-order valence-corrected chi connectivity index (χ2v) is 3.94. The van der Waals surface area contributed by atoms with Crippen LogP contribution in [0.15, 0.2) is 36.5 Å². The smallest absolute Gasteiger partial charge is 0.340 e. The molecule has 5 heteroatoms. The maximum absolute atomic E-state index is 11.5. The van der Waals surface area contributed by atoms with Gasteiger partial charge in [-0.1, -0.05) is 18.2 Å². The maximum atomic E-state index is 11.5. The molecule has 2 N–H and O–H groups in total. The van der Waals surface area contributed by atoms with Crippen LogP contribution in [0.1, 0.15) is 15.9 Å². The number of nitrogens with two attached hydrogens (primary N) is 1. The minimum Gasteiger partial charge on any atom is -0.465 e. The lowest BCUT2D eigenvalue weighted by Gasteiger charge is -2.11. The molecule has 0 bridgehead atoms. The van der Waals surface area contributed by atoms with Crippen LogP contribution in [0.2, 0.25) is 0 Å². The van der Waals surface area contributed by atoms with Gasteiger partial charge in [0.2, 0.25) is 5.88 Å².